The fraction of sp³-hybridized carbons (Fsp3) is 0.833. The Balaban J connectivity index is 2.58. The molecular weight excluding hydrogens is 220 g/mol. The van der Waals surface area contributed by atoms with Gasteiger partial charge in [-0.2, -0.15) is 0 Å². The zero-order valence-corrected chi connectivity index (χ0v) is 10.6. The van der Waals surface area contributed by atoms with E-state index < -0.39 is 0 Å². The Kier molecular flexibility index (Phi) is 5.41. The smallest absolute Gasteiger partial charge is 0.243 e. The summed E-state index contributed by atoms with van der Waals surface area (Å²) in [6.07, 6.45) is 1.93. The van der Waals surface area contributed by atoms with Gasteiger partial charge < -0.3 is 15.3 Å². The van der Waals surface area contributed by atoms with Crippen LogP contribution in [0.3, 0.4) is 0 Å². The van der Waals surface area contributed by atoms with Gasteiger partial charge in [0.15, 0.2) is 0 Å². The van der Waals surface area contributed by atoms with E-state index in [-0.39, 0.29) is 30.4 Å². The van der Waals surface area contributed by atoms with E-state index in [0.717, 1.165) is 6.42 Å². The van der Waals surface area contributed by atoms with Crippen LogP contribution in [0.1, 0.15) is 33.1 Å². The van der Waals surface area contributed by atoms with Crippen molar-refractivity contribution in [2.24, 2.45) is 5.92 Å². The van der Waals surface area contributed by atoms with E-state index >= 15 is 0 Å². The Morgan fingerprint density at radius 1 is 1.53 bits per heavy atom. The molecule has 0 aromatic carbocycles. The normalized spacial score (nSPS) is 17.6. The zero-order valence-electron chi connectivity index (χ0n) is 10.6. The van der Waals surface area contributed by atoms with Gasteiger partial charge in [0.25, 0.3) is 0 Å². The van der Waals surface area contributed by atoms with E-state index in [0.29, 0.717) is 25.9 Å². The molecule has 1 aliphatic rings. The number of nitrogens with one attached hydrogen (secondary N) is 1. The molecule has 0 aromatic rings. The van der Waals surface area contributed by atoms with Crippen LogP contribution in [0.25, 0.3) is 0 Å². The molecule has 98 valence electrons. The van der Waals surface area contributed by atoms with Crippen LogP contribution < -0.4 is 5.32 Å². The molecule has 1 fully saturated rings. The molecule has 0 radical (unpaired) electrons. The molecule has 2 amide bonds. The molecule has 0 spiro atoms. The molecule has 1 atom stereocenters. The zero-order chi connectivity index (χ0) is 12.8. The Morgan fingerprint density at radius 3 is 2.71 bits per heavy atom. The molecule has 1 unspecified atom stereocenters. The standard InChI is InChI=1S/C12H22N2O3/c1-9(2)11(12(17)13-6-4-8-15)14-7-3-5-10(14)16/h9,11,15H,3-8H2,1-2H3,(H,13,17). The van der Waals surface area contributed by atoms with Crippen LogP contribution >= 0.6 is 0 Å². The minimum absolute atomic E-state index is 0.0648. The number of carbonyl (C=O) groups is 2. The minimum atomic E-state index is -0.372. The van der Waals surface area contributed by atoms with Crippen molar-refractivity contribution in [2.45, 2.75) is 39.2 Å². The first kappa shape index (κ1) is 14.0. The molecule has 1 heterocycles. The maximum Gasteiger partial charge on any atom is 0.243 e. The van der Waals surface area contributed by atoms with E-state index in [4.69, 9.17) is 5.11 Å². The van der Waals surface area contributed by atoms with Gasteiger partial charge in [-0.05, 0) is 18.8 Å². The second kappa shape index (κ2) is 6.59. The third-order valence-electron chi connectivity index (χ3n) is 2.98. The van der Waals surface area contributed by atoms with Gasteiger partial charge in [-0.25, -0.2) is 0 Å². The van der Waals surface area contributed by atoms with Crippen LogP contribution in [0.2, 0.25) is 0 Å². The average Bonchev–Trinajstić information content (AvgIpc) is 2.65. The third-order valence-corrected chi connectivity index (χ3v) is 2.98. The Hall–Kier alpha value is -1.10. The summed E-state index contributed by atoms with van der Waals surface area (Å²) in [5.74, 6) is 0.0656. The fourth-order valence-corrected chi connectivity index (χ4v) is 2.16. The summed E-state index contributed by atoms with van der Waals surface area (Å²) >= 11 is 0. The highest BCUT2D eigenvalue weighted by molar-refractivity contribution is 5.88. The lowest BCUT2D eigenvalue weighted by atomic mass is 10.0. The molecular formula is C12H22N2O3. The monoisotopic (exact) mass is 242 g/mol. The summed E-state index contributed by atoms with van der Waals surface area (Å²) in [6.45, 7) is 5.09. The molecule has 5 heteroatoms. The molecule has 5 nitrogen and oxygen atoms in total. The van der Waals surface area contributed by atoms with Crippen molar-refractivity contribution in [3.63, 3.8) is 0 Å². The topological polar surface area (TPSA) is 69.6 Å². The highest BCUT2D eigenvalue weighted by Crippen LogP contribution is 2.19. The van der Waals surface area contributed by atoms with Gasteiger partial charge in [0.1, 0.15) is 6.04 Å². The molecule has 0 aromatic heterocycles. The van der Waals surface area contributed by atoms with Crippen molar-refractivity contribution < 1.29 is 14.7 Å². The predicted molar refractivity (Wildman–Crippen MR) is 64.3 cm³/mol. The lowest BCUT2D eigenvalue weighted by Crippen LogP contribution is -2.50. The SMILES string of the molecule is CC(C)C(C(=O)NCCCO)N1CCCC1=O. The number of amides is 2. The summed E-state index contributed by atoms with van der Waals surface area (Å²) in [5.41, 5.74) is 0. The van der Waals surface area contributed by atoms with E-state index in [9.17, 15) is 9.59 Å². The molecule has 0 saturated carbocycles. The van der Waals surface area contributed by atoms with Crippen molar-refractivity contribution >= 4 is 11.8 Å². The van der Waals surface area contributed by atoms with Gasteiger partial charge in [-0.3, -0.25) is 9.59 Å². The van der Waals surface area contributed by atoms with Crippen LogP contribution in [0, 0.1) is 5.92 Å². The van der Waals surface area contributed by atoms with Gasteiger partial charge in [0, 0.05) is 26.1 Å². The number of carbonyl (C=O) groups excluding carboxylic acids is 2. The lowest BCUT2D eigenvalue weighted by molar-refractivity contribution is -0.139. The molecule has 1 aliphatic heterocycles. The third kappa shape index (κ3) is 3.70. The number of hydrogen-bond donors (Lipinski definition) is 2. The number of nitrogens with zero attached hydrogens (tertiary/aromatic N) is 1. The van der Waals surface area contributed by atoms with Gasteiger partial charge in [-0.15, -0.1) is 0 Å². The van der Waals surface area contributed by atoms with Crippen molar-refractivity contribution in [3.05, 3.63) is 0 Å². The van der Waals surface area contributed by atoms with Crippen molar-refractivity contribution in [1.29, 1.82) is 0 Å². The van der Waals surface area contributed by atoms with E-state index in [2.05, 4.69) is 5.32 Å². The van der Waals surface area contributed by atoms with Crippen molar-refractivity contribution in [2.75, 3.05) is 19.7 Å². The number of aliphatic hydroxyl groups excluding tert-OH is 1. The van der Waals surface area contributed by atoms with Gasteiger partial charge in [0.2, 0.25) is 11.8 Å². The summed E-state index contributed by atoms with van der Waals surface area (Å²) in [4.78, 5) is 25.3. The van der Waals surface area contributed by atoms with Crippen LogP contribution in [0.4, 0.5) is 0 Å². The van der Waals surface area contributed by atoms with Gasteiger partial charge in [0.05, 0.1) is 0 Å². The molecule has 1 rings (SSSR count). The van der Waals surface area contributed by atoms with E-state index in [1.165, 1.54) is 0 Å². The molecule has 0 aliphatic carbocycles. The molecule has 0 bridgehead atoms. The first-order valence-corrected chi connectivity index (χ1v) is 6.26. The molecule has 17 heavy (non-hydrogen) atoms. The maximum atomic E-state index is 12.0. The number of hydrogen-bond acceptors (Lipinski definition) is 3. The van der Waals surface area contributed by atoms with E-state index in [1.54, 1.807) is 4.90 Å². The van der Waals surface area contributed by atoms with Crippen molar-refractivity contribution in [1.82, 2.24) is 10.2 Å². The number of rotatable bonds is 6. The van der Waals surface area contributed by atoms with Gasteiger partial charge in [-0.1, -0.05) is 13.8 Å². The fourth-order valence-electron chi connectivity index (χ4n) is 2.16. The first-order valence-electron chi connectivity index (χ1n) is 6.26. The summed E-state index contributed by atoms with van der Waals surface area (Å²) < 4.78 is 0. The Labute approximate surface area is 102 Å². The average molecular weight is 242 g/mol. The second-order valence-electron chi connectivity index (χ2n) is 4.75. The predicted octanol–water partition coefficient (Wildman–Crippen LogP) is 0.132. The molecule has 2 N–H and O–H groups in total. The first-order chi connectivity index (χ1) is 8.07. The minimum Gasteiger partial charge on any atom is -0.396 e. The van der Waals surface area contributed by atoms with Gasteiger partial charge >= 0.3 is 0 Å². The number of aliphatic hydroxyl groups is 1. The number of likely N-dealkylation sites (tertiary alicyclic amines) is 1. The summed E-state index contributed by atoms with van der Waals surface area (Å²) in [7, 11) is 0. The lowest BCUT2D eigenvalue weighted by Gasteiger charge is -2.29. The second-order valence-corrected chi connectivity index (χ2v) is 4.75. The highest BCUT2D eigenvalue weighted by atomic mass is 16.3. The van der Waals surface area contributed by atoms with Crippen molar-refractivity contribution in [3.8, 4) is 0 Å². The molecule has 1 saturated heterocycles. The quantitative estimate of drug-likeness (QED) is 0.651. The largest absolute Gasteiger partial charge is 0.396 e. The summed E-state index contributed by atoms with van der Waals surface area (Å²) in [6, 6.07) is -0.372. The van der Waals surface area contributed by atoms with Crippen LogP contribution in [-0.2, 0) is 9.59 Å². The Morgan fingerprint density at radius 2 is 2.24 bits per heavy atom. The Bertz CT molecular complexity index is 279. The van der Waals surface area contributed by atoms with Crippen LogP contribution in [0.15, 0.2) is 0 Å². The highest BCUT2D eigenvalue weighted by Gasteiger charge is 2.34. The summed E-state index contributed by atoms with van der Waals surface area (Å²) in [5, 5.41) is 11.4. The van der Waals surface area contributed by atoms with E-state index in [1.807, 2.05) is 13.8 Å². The maximum absolute atomic E-state index is 12.0. The van der Waals surface area contributed by atoms with Crippen LogP contribution in [0.5, 0.6) is 0 Å². The van der Waals surface area contributed by atoms with Crippen LogP contribution in [-0.4, -0.2) is 47.6 Å².